The number of hydrogen-bond acceptors (Lipinski definition) is 6. The molecule has 0 aliphatic heterocycles. The molecule has 7 heteroatoms. The third-order valence-corrected chi connectivity index (χ3v) is 4.07. The van der Waals surface area contributed by atoms with Crippen molar-refractivity contribution in [1.29, 1.82) is 0 Å². The molecule has 0 radical (unpaired) electrons. The van der Waals surface area contributed by atoms with Crippen LogP contribution in [0.15, 0.2) is 12.1 Å². The van der Waals surface area contributed by atoms with Crippen molar-refractivity contribution in [3.05, 3.63) is 22.2 Å². The Labute approximate surface area is 118 Å². The SMILES string of the molecule is COc1ccc([N+](=O)[O-])c(NCC2(N(C)C)CCC2)n1. The number of likely N-dealkylation sites (N-methyl/N-ethyl adjacent to an activating group) is 1. The summed E-state index contributed by atoms with van der Waals surface area (Å²) in [6.45, 7) is 0.640. The maximum atomic E-state index is 11.0. The van der Waals surface area contributed by atoms with Crippen molar-refractivity contribution in [1.82, 2.24) is 9.88 Å². The van der Waals surface area contributed by atoms with E-state index in [9.17, 15) is 10.1 Å². The number of anilines is 1. The second-order valence-corrected chi connectivity index (χ2v) is 5.30. The predicted octanol–water partition coefficient (Wildman–Crippen LogP) is 1.89. The first-order chi connectivity index (χ1) is 9.48. The lowest BCUT2D eigenvalue weighted by atomic mass is 9.75. The average molecular weight is 280 g/mol. The topological polar surface area (TPSA) is 80.5 Å². The van der Waals surface area contributed by atoms with E-state index in [1.54, 1.807) is 0 Å². The number of hydrogen-bond donors (Lipinski definition) is 1. The lowest BCUT2D eigenvalue weighted by Crippen LogP contribution is -2.54. The molecular formula is C13H20N4O3. The summed E-state index contributed by atoms with van der Waals surface area (Å²) in [4.78, 5) is 16.9. The van der Waals surface area contributed by atoms with Crippen molar-refractivity contribution in [2.75, 3.05) is 33.1 Å². The molecule has 1 aliphatic carbocycles. The number of pyridine rings is 1. The maximum Gasteiger partial charge on any atom is 0.311 e. The zero-order valence-electron chi connectivity index (χ0n) is 12.0. The van der Waals surface area contributed by atoms with Crippen molar-refractivity contribution >= 4 is 11.5 Å². The normalized spacial score (nSPS) is 16.6. The van der Waals surface area contributed by atoms with Crippen LogP contribution in [0, 0.1) is 10.1 Å². The summed E-state index contributed by atoms with van der Waals surface area (Å²) in [5.41, 5.74) is 0.0394. The second kappa shape index (κ2) is 5.62. The largest absolute Gasteiger partial charge is 0.481 e. The molecule has 0 amide bonds. The summed E-state index contributed by atoms with van der Waals surface area (Å²) in [5, 5.41) is 14.2. The van der Waals surface area contributed by atoms with Crippen LogP contribution < -0.4 is 10.1 Å². The fourth-order valence-corrected chi connectivity index (χ4v) is 2.44. The summed E-state index contributed by atoms with van der Waals surface area (Å²) < 4.78 is 5.03. The van der Waals surface area contributed by atoms with Gasteiger partial charge in [0.05, 0.1) is 12.0 Å². The average Bonchev–Trinajstić information content (AvgIpc) is 2.36. The van der Waals surface area contributed by atoms with Gasteiger partial charge in [-0.3, -0.25) is 10.1 Å². The fourth-order valence-electron chi connectivity index (χ4n) is 2.44. The van der Waals surface area contributed by atoms with Crippen molar-refractivity contribution in [2.45, 2.75) is 24.8 Å². The highest BCUT2D eigenvalue weighted by Gasteiger charge is 2.39. The van der Waals surface area contributed by atoms with E-state index < -0.39 is 4.92 Å². The number of ether oxygens (including phenoxy) is 1. The van der Waals surface area contributed by atoms with Crippen LogP contribution in [0.1, 0.15) is 19.3 Å². The monoisotopic (exact) mass is 280 g/mol. The third-order valence-electron chi connectivity index (χ3n) is 4.07. The van der Waals surface area contributed by atoms with Gasteiger partial charge in [-0.15, -0.1) is 0 Å². The molecule has 1 aromatic rings. The molecule has 20 heavy (non-hydrogen) atoms. The van der Waals surface area contributed by atoms with Crippen LogP contribution in [-0.2, 0) is 0 Å². The Balaban J connectivity index is 2.17. The van der Waals surface area contributed by atoms with Crippen molar-refractivity contribution < 1.29 is 9.66 Å². The van der Waals surface area contributed by atoms with Gasteiger partial charge in [0.15, 0.2) is 0 Å². The van der Waals surface area contributed by atoms with E-state index in [0.717, 1.165) is 12.8 Å². The van der Waals surface area contributed by atoms with Crippen LogP contribution in [0.4, 0.5) is 11.5 Å². The van der Waals surface area contributed by atoms with E-state index in [0.29, 0.717) is 12.4 Å². The van der Waals surface area contributed by atoms with E-state index in [2.05, 4.69) is 15.2 Å². The highest BCUT2D eigenvalue weighted by Crippen LogP contribution is 2.37. The van der Waals surface area contributed by atoms with Gasteiger partial charge in [0, 0.05) is 24.2 Å². The molecule has 0 bridgehead atoms. The van der Waals surface area contributed by atoms with Crippen LogP contribution in [-0.4, -0.2) is 48.1 Å². The van der Waals surface area contributed by atoms with E-state index >= 15 is 0 Å². The van der Waals surface area contributed by atoms with E-state index in [1.165, 1.54) is 25.7 Å². The molecule has 1 aliphatic rings. The molecule has 0 spiro atoms. The van der Waals surface area contributed by atoms with Crippen molar-refractivity contribution in [2.24, 2.45) is 0 Å². The third kappa shape index (κ3) is 2.67. The number of methoxy groups -OCH3 is 1. The summed E-state index contributed by atoms with van der Waals surface area (Å²) >= 11 is 0. The molecule has 1 heterocycles. The highest BCUT2D eigenvalue weighted by molar-refractivity contribution is 5.57. The van der Waals surface area contributed by atoms with Gasteiger partial charge in [-0.1, -0.05) is 0 Å². The van der Waals surface area contributed by atoms with Gasteiger partial charge >= 0.3 is 5.69 Å². The number of nitrogens with zero attached hydrogens (tertiary/aromatic N) is 3. The molecule has 0 aromatic carbocycles. The van der Waals surface area contributed by atoms with Crippen LogP contribution in [0.5, 0.6) is 5.88 Å². The lowest BCUT2D eigenvalue weighted by molar-refractivity contribution is -0.384. The van der Waals surface area contributed by atoms with E-state index in [-0.39, 0.29) is 17.0 Å². The Morgan fingerprint density at radius 3 is 2.65 bits per heavy atom. The van der Waals surface area contributed by atoms with Gasteiger partial charge < -0.3 is 15.0 Å². The van der Waals surface area contributed by atoms with Gasteiger partial charge in [-0.25, -0.2) is 0 Å². The number of nitro groups is 1. The first kappa shape index (κ1) is 14.5. The van der Waals surface area contributed by atoms with Gasteiger partial charge in [-0.05, 0) is 33.4 Å². The Morgan fingerprint density at radius 2 is 2.20 bits per heavy atom. The summed E-state index contributed by atoms with van der Waals surface area (Å²) in [5.74, 6) is 0.632. The van der Waals surface area contributed by atoms with Gasteiger partial charge in [0.25, 0.3) is 0 Å². The molecule has 1 saturated carbocycles. The summed E-state index contributed by atoms with van der Waals surface area (Å²) in [6, 6.07) is 2.91. The Morgan fingerprint density at radius 1 is 1.50 bits per heavy atom. The second-order valence-electron chi connectivity index (χ2n) is 5.30. The van der Waals surface area contributed by atoms with Crippen LogP contribution in [0.2, 0.25) is 0 Å². The summed E-state index contributed by atoms with van der Waals surface area (Å²) in [7, 11) is 5.56. The molecule has 0 unspecified atom stereocenters. The van der Waals surface area contributed by atoms with Gasteiger partial charge in [-0.2, -0.15) is 4.98 Å². The Hall–Kier alpha value is -1.89. The molecule has 0 saturated heterocycles. The molecule has 1 aromatic heterocycles. The first-order valence-electron chi connectivity index (χ1n) is 6.59. The molecule has 110 valence electrons. The Kier molecular flexibility index (Phi) is 4.08. The quantitative estimate of drug-likeness (QED) is 0.633. The zero-order chi connectivity index (χ0) is 14.8. The predicted molar refractivity (Wildman–Crippen MR) is 76.2 cm³/mol. The number of nitrogens with one attached hydrogen (secondary N) is 1. The zero-order valence-corrected chi connectivity index (χ0v) is 12.0. The molecule has 1 N–H and O–H groups in total. The minimum absolute atomic E-state index is 0.0287. The molecular weight excluding hydrogens is 260 g/mol. The standard InChI is InChI=1S/C13H20N4O3/c1-16(2)13(7-4-8-13)9-14-12-10(17(18)19)5-6-11(15-12)20-3/h5-6H,4,7-9H2,1-3H3,(H,14,15). The Bertz CT molecular complexity index is 500. The lowest BCUT2D eigenvalue weighted by Gasteiger charge is -2.47. The minimum atomic E-state index is -0.433. The van der Waals surface area contributed by atoms with E-state index in [1.807, 2.05) is 14.1 Å². The highest BCUT2D eigenvalue weighted by atomic mass is 16.6. The van der Waals surface area contributed by atoms with E-state index in [4.69, 9.17) is 4.74 Å². The summed E-state index contributed by atoms with van der Waals surface area (Å²) in [6.07, 6.45) is 3.36. The minimum Gasteiger partial charge on any atom is -0.481 e. The van der Waals surface area contributed by atoms with Crippen LogP contribution in [0.3, 0.4) is 0 Å². The first-order valence-corrected chi connectivity index (χ1v) is 6.59. The molecule has 7 nitrogen and oxygen atoms in total. The molecule has 1 fully saturated rings. The maximum absolute atomic E-state index is 11.0. The molecule has 2 rings (SSSR count). The van der Waals surface area contributed by atoms with Crippen molar-refractivity contribution in [3.8, 4) is 5.88 Å². The van der Waals surface area contributed by atoms with Crippen LogP contribution >= 0.6 is 0 Å². The fraction of sp³-hybridized carbons (Fsp3) is 0.615. The smallest absolute Gasteiger partial charge is 0.311 e. The number of aromatic nitrogens is 1. The van der Waals surface area contributed by atoms with Crippen LogP contribution in [0.25, 0.3) is 0 Å². The number of rotatable bonds is 6. The van der Waals surface area contributed by atoms with Gasteiger partial charge in [0.1, 0.15) is 0 Å². The van der Waals surface area contributed by atoms with Crippen molar-refractivity contribution in [3.63, 3.8) is 0 Å². The van der Waals surface area contributed by atoms with Gasteiger partial charge in [0.2, 0.25) is 11.7 Å². The molecule has 0 atom stereocenters.